The summed E-state index contributed by atoms with van der Waals surface area (Å²) in [6, 6.07) is 4.41. The lowest BCUT2D eigenvalue weighted by Crippen LogP contribution is -2.36. The minimum absolute atomic E-state index is 0.211. The average molecular weight is 321 g/mol. The highest BCUT2D eigenvalue weighted by atomic mass is 32.2. The van der Waals surface area contributed by atoms with E-state index < -0.39 is 22.1 Å². The molecule has 8 heteroatoms. The Morgan fingerprint density at radius 2 is 1.81 bits per heavy atom. The van der Waals surface area contributed by atoms with Gasteiger partial charge in [0.2, 0.25) is 10.0 Å². The van der Waals surface area contributed by atoms with Crippen LogP contribution < -0.4 is 4.74 Å². The summed E-state index contributed by atoms with van der Waals surface area (Å²) in [6.07, 6.45) is -3.75. The van der Waals surface area contributed by atoms with Crippen molar-refractivity contribution in [1.82, 2.24) is 4.31 Å². The molecule has 0 aromatic heterocycles. The highest BCUT2D eigenvalue weighted by molar-refractivity contribution is 7.89. The lowest BCUT2D eigenvalue weighted by atomic mass is 10.1. The van der Waals surface area contributed by atoms with Crippen LogP contribution in [0.3, 0.4) is 0 Å². The molecule has 2 rings (SSSR count). The summed E-state index contributed by atoms with van der Waals surface area (Å²) in [4.78, 5) is -0.211. The number of halogens is 3. The van der Waals surface area contributed by atoms with Crippen LogP contribution in [-0.4, -0.2) is 32.2 Å². The molecule has 1 fully saturated rings. The zero-order valence-corrected chi connectivity index (χ0v) is 11.9. The molecule has 4 nitrogen and oxygen atoms in total. The third-order valence-corrected chi connectivity index (χ3v) is 5.00. The van der Waals surface area contributed by atoms with Gasteiger partial charge in [0.1, 0.15) is 5.75 Å². The van der Waals surface area contributed by atoms with Crippen LogP contribution in [0.4, 0.5) is 13.2 Å². The number of hydrogen-bond acceptors (Lipinski definition) is 3. The van der Waals surface area contributed by atoms with Crippen molar-refractivity contribution in [2.45, 2.75) is 24.1 Å². The normalized spacial score (nSPS) is 17.8. The molecule has 1 aromatic rings. The standard InChI is InChI=1S/C13H14F3NO3S/c1-10-5-7-17(8-6-10)21(18,19)12-4-2-3-11(9-12)20-13(14,15)16/h2-4,9H,1,5-8H2. The van der Waals surface area contributed by atoms with E-state index in [1.807, 2.05) is 0 Å². The van der Waals surface area contributed by atoms with Crippen molar-refractivity contribution in [1.29, 1.82) is 0 Å². The molecule has 1 aliphatic heterocycles. The second kappa shape index (κ2) is 5.69. The molecule has 0 atom stereocenters. The van der Waals surface area contributed by atoms with E-state index in [-0.39, 0.29) is 18.0 Å². The van der Waals surface area contributed by atoms with Gasteiger partial charge in [-0.25, -0.2) is 8.42 Å². The van der Waals surface area contributed by atoms with Crippen LogP contribution in [0, 0.1) is 0 Å². The first-order chi connectivity index (χ1) is 9.68. The van der Waals surface area contributed by atoms with E-state index >= 15 is 0 Å². The molecule has 1 heterocycles. The van der Waals surface area contributed by atoms with Gasteiger partial charge in [-0.1, -0.05) is 18.2 Å². The van der Waals surface area contributed by atoms with E-state index in [1.165, 1.54) is 16.4 Å². The van der Waals surface area contributed by atoms with Crippen LogP contribution in [0.5, 0.6) is 5.75 Å². The van der Waals surface area contributed by atoms with Crippen molar-refractivity contribution >= 4 is 10.0 Å². The second-order valence-corrected chi connectivity index (χ2v) is 6.61. The Kier molecular flexibility index (Phi) is 4.29. The van der Waals surface area contributed by atoms with Gasteiger partial charge in [0.05, 0.1) is 4.90 Å². The van der Waals surface area contributed by atoms with Gasteiger partial charge in [-0.05, 0) is 25.0 Å². The maximum atomic E-state index is 12.4. The summed E-state index contributed by atoms with van der Waals surface area (Å²) in [7, 11) is -3.82. The van der Waals surface area contributed by atoms with E-state index in [4.69, 9.17) is 0 Å². The Morgan fingerprint density at radius 1 is 1.19 bits per heavy atom. The Labute approximate surface area is 120 Å². The van der Waals surface area contributed by atoms with E-state index in [2.05, 4.69) is 11.3 Å². The quantitative estimate of drug-likeness (QED) is 0.804. The van der Waals surface area contributed by atoms with Gasteiger partial charge in [0.25, 0.3) is 0 Å². The number of rotatable bonds is 3. The summed E-state index contributed by atoms with van der Waals surface area (Å²) in [5, 5.41) is 0. The average Bonchev–Trinajstić information content (AvgIpc) is 2.37. The molecule has 0 amide bonds. The highest BCUT2D eigenvalue weighted by Gasteiger charge is 2.32. The molecular weight excluding hydrogens is 307 g/mol. The third kappa shape index (κ3) is 3.98. The largest absolute Gasteiger partial charge is 0.573 e. The molecule has 0 radical (unpaired) electrons. The fourth-order valence-corrected chi connectivity index (χ4v) is 3.50. The molecule has 0 bridgehead atoms. The Hall–Kier alpha value is -1.54. The monoisotopic (exact) mass is 321 g/mol. The van der Waals surface area contributed by atoms with Crippen LogP contribution in [0.25, 0.3) is 0 Å². The molecule has 0 N–H and O–H groups in total. The second-order valence-electron chi connectivity index (χ2n) is 4.68. The van der Waals surface area contributed by atoms with Crippen molar-refractivity contribution in [3.63, 3.8) is 0 Å². The minimum atomic E-state index is -4.86. The van der Waals surface area contributed by atoms with Crippen LogP contribution in [0.1, 0.15) is 12.8 Å². The summed E-state index contributed by atoms with van der Waals surface area (Å²) in [5.41, 5.74) is 0.968. The number of hydrogen-bond donors (Lipinski definition) is 0. The summed E-state index contributed by atoms with van der Waals surface area (Å²) < 4.78 is 66.3. The molecule has 1 aromatic carbocycles. The number of benzene rings is 1. The summed E-state index contributed by atoms with van der Waals surface area (Å²) in [5.74, 6) is -0.551. The smallest absolute Gasteiger partial charge is 0.406 e. The lowest BCUT2D eigenvalue weighted by molar-refractivity contribution is -0.274. The molecule has 116 valence electrons. The van der Waals surface area contributed by atoms with Crippen LogP contribution in [0.2, 0.25) is 0 Å². The predicted molar refractivity (Wildman–Crippen MR) is 70.3 cm³/mol. The van der Waals surface area contributed by atoms with Crippen LogP contribution >= 0.6 is 0 Å². The van der Waals surface area contributed by atoms with Gasteiger partial charge in [-0.3, -0.25) is 0 Å². The first kappa shape index (κ1) is 15.8. The van der Waals surface area contributed by atoms with Crippen molar-refractivity contribution in [3.8, 4) is 5.75 Å². The molecule has 0 spiro atoms. The van der Waals surface area contributed by atoms with Gasteiger partial charge in [0.15, 0.2) is 0 Å². The molecule has 0 unspecified atom stereocenters. The van der Waals surface area contributed by atoms with Crippen molar-refractivity contribution in [2.24, 2.45) is 0 Å². The van der Waals surface area contributed by atoms with Gasteiger partial charge in [-0.15, -0.1) is 13.2 Å². The first-order valence-electron chi connectivity index (χ1n) is 6.21. The highest BCUT2D eigenvalue weighted by Crippen LogP contribution is 2.27. The number of ether oxygens (including phenoxy) is 1. The van der Waals surface area contributed by atoms with Gasteiger partial charge >= 0.3 is 6.36 Å². The SMILES string of the molecule is C=C1CCN(S(=O)(=O)c2cccc(OC(F)(F)F)c2)CC1. The summed E-state index contributed by atoms with van der Waals surface area (Å²) >= 11 is 0. The predicted octanol–water partition coefficient (Wildman–Crippen LogP) is 2.93. The number of piperidine rings is 1. The molecular formula is C13H14F3NO3S. The molecule has 0 saturated carbocycles. The Morgan fingerprint density at radius 3 is 2.38 bits per heavy atom. The summed E-state index contributed by atoms with van der Waals surface area (Å²) in [6.45, 7) is 4.36. The minimum Gasteiger partial charge on any atom is -0.406 e. The van der Waals surface area contributed by atoms with Gasteiger partial charge < -0.3 is 4.74 Å². The molecule has 21 heavy (non-hydrogen) atoms. The molecule has 1 aliphatic rings. The Bertz CT molecular complexity index is 630. The van der Waals surface area contributed by atoms with Crippen LogP contribution in [-0.2, 0) is 10.0 Å². The zero-order chi connectivity index (χ0) is 15.7. The van der Waals surface area contributed by atoms with Gasteiger partial charge in [-0.2, -0.15) is 4.31 Å². The fraction of sp³-hybridized carbons (Fsp3) is 0.385. The number of alkyl halides is 3. The topological polar surface area (TPSA) is 46.6 Å². The van der Waals surface area contributed by atoms with E-state index in [0.29, 0.717) is 12.8 Å². The zero-order valence-electron chi connectivity index (χ0n) is 11.1. The lowest BCUT2D eigenvalue weighted by Gasteiger charge is -2.27. The molecule has 1 saturated heterocycles. The van der Waals surface area contributed by atoms with E-state index in [0.717, 1.165) is 17.7 Å². The van der Waals surface area contributed by atoms with Crippen molar-refractivity contribution < 1.29 is 26.3 Å². The van der Waals surface area contributed by atoms with E-state index in [1.54, 1.807) is 0 Å². The number of sulfonamides is 1. The van der Waals surface area contributed by atoms with E-state index in [9.17, 15) is 21.6 Å². The van der Waals surface area contributed by atoms with Crippen molar-refractivity contribution in [3.05, 3.63) is 36.4 Å². The number of nitrogens with zero attached hydrogens (tertiary/aromatic N) is 1. The van der Waals surface area contributed by atoms with Gasteiger partial charge in [0, 0.05) is 19.2 Å². The first-order valence-corrected chi connectivity index (χ1v) is 7.65. The Balaban J connectivity index is 2.24. The maximum Gasteiger partial charge on any atom is 0.573 e. The van der Waals surface area contributed by atoms with Crippen molar-refractivity contribution in [2.75, 3.05) is 13.1 Å². The third-order valence-electron chi connectivity index (χ3n) is 3.11. The maximum absolute atomic E-state index is 12.4. The fourth-order valence-electron chi connectivity index (χ4n) is 2.02. The molecule has 0 aliphatic carbocycles. The van der Waals surface area contributed by atoms with Crippen LogP contribution in [0.15, 0.2) is 41.3 Å².